The second-order valence-electron chi connectivity index (χ2n) is 5.23. The molecule has 0 unspecified atom stereocenters. The fourth-order valence-electron chi connectivity index (χ4n) is 2.10. The summed E-state index contributed by atoms with van der Waals surface area (Å²) < 4.78 is 1.66. The second-order valence-corrected chi connectivity index (χ2v) is 5.23. The van der Waals surface area contributed by atoms with E-state index in [-0.39, 0.29) is 29.5 Å². The van der Waals surface area contributed by atoms with E-state index in [4.69, 9.17) is 5.26 Å². The molecule has 0 aliphatic rings. The highest BCUT2D eigenvalue weighted by atomic mass is 16.2. The molecule has 2 rings (SSSR count). The van der Waals surface area contributed by atoms with Crippen LogP contribution in [0.4, 0.5) is 0 Å². The quantitative estimate of drug-likeness (QED) is 0.861. The van der Waals surface area contributed by atoms with Crippen LogP contribution in [0.1, 0.15) is 19.4 Å². The summed E-state index contributed by atoms with van der Waals surface area (Å²) in [6.45, 7) is 3.97. The van der Waals surface area contributed by atoms with Gasteiger partial charge in [0.2, 0.25) is 11.3 Å². The van der Waals surface area contributed by atoms with E-state index in [9.17, 15) is 9.59 Å². The molecule has 0 saturated carbocycles. The lowest BCUT2D eigenvalue weighted by Gasteiger charge is -2.22. The molecule has 0 spiro atoms. The van der Waals surface area contributed by atoms with E-state index in [0.717, 1.165) is 0 Å². The minimum atomic E-state index is -0.297. The summed E-state index contributed by atoms with van der Waals surface area (Å²) in [7, 11) is 1.74. The van der Waals surface area contributed by atoms with Gasteiger partial charge in [-0.2, -0.15) is 5.26 Å². The van der Waals surface area contributed by atoms with Gasteiger partial charge in [0.05, 0.1) is 5.52 Å². The molecule has 0 radical (unpaired) electrons. The van der Waals surface area contributed by atoms with Crippen LogP contribution >= 0.6 is 0 Å². The molecule has 2 aromatic rings. The number of hydrogen-bond donors (Lipinski definition) is 0. The smallest absolute Gasteiger partial charge is 0.242 e. The first-order valence-corrected chi connectivity index (χ1v) is 6.73. The Labute approximate surface area is 123 Å². The van der Waals surface area contributed by atoms with Crippen molar-refractivity contribution in [3.8, 4) is 6.07 Å². The number of benzene rings is 1. The Kier molecular flexibility index (Phi) is 4.08. The molecular weight excluding hydrogens is 266 g/mol. The van der Waals surface area contributed by atoms with Gasteiger partial charge in [-0.3, -0.25) is 9.59 Å². The Bertz CT molecular complexity index is 784. The molecule has 0 bridgehead atoms. The van der Waals surface area contributed by atoms with Crippen molar-refractivity contribution in [3.05, 3.63) is 46.2 Å². The zero-order valence-corrected chi connectivity index (χ0v) is 12.3. The third-order valence-corrected chi connectivity index (χ3v) is 3.58. The van der Waals surface area contributed by atoms with Gasteiger partial charge in [-0.25, -0.2) is 0 Å². The van der Waals surface area contributed by atoms with Crippen molar-refractivity contribution in [1.82, 2.24) is 9.47 Å². The third kappa shape index (κ3) is 2.79. The average molecular weight is 283 g/mol. The van der Waals surface area contributed by atoms with Gasteiger partial charge in [0.1, 0.15) is 18.2 Å². The van der Waals surface area contributed by atoms with Crippen molar-refractivity contribution in [1.29, 1.82) is 5.26 Å². The van der Waals surface area contributed by atoms with Gasteiger partial charge in [0, 0.05) is 24.7 Å². The first-order valence-electron chi connectivity index (χ1n) is 6.73. The number of para-hydroxylation sites is 1. The maximum Gasteiger partial charge on any atom is 0.242 e. The van der Waals surface area contributed by atoms with E-state index in [2.05, 4.69) is 0 Å². The summed E-state index contributed by atoms with van der Waals surface area (Å²) in [6.07, 6.45) is 1.46. The predicted molar refractivity (Wildman–Crippen MR) is 80.8 cm³/mol. The Balaban J connectivity index is 2.55. The minimum Gasteiger partial charge on any atom is -0.342 e. The van der Waals surface area contributed by atoms with Crippen LogP contribution in [0.3, 0.4) is 0 Å². The standard InChI is InChI=1S/C16H17N3O2/c1-11(2)18(3)15(20)10-19-9-12(8-17)16(21)13-6-4-5-7-14(13)19/h4-7,9,11H,10H2,1-3H3. The SMILES string of the molecule is CC(C)N(C)C(=O)Cn1cc(C#N)c(=O)c2ccccc21. The Morgan fingerprint density at radius 2 is 2.05 bits per heavy atom. The summed E-state index contributed by atoms with van der Waals surface area (Å²) in [5.74, 6) is -0.0670. The average Bonchev–Trinajstić information content (AvgIpc) is 2.49. The van der Waals surface area contributed by atoms with Crippen LogP contribution in [0.15, 0.2) is 35.3 Å². The lowest BCUT2D eigenvalue weighted by atomic mass is 10.1. The summed E-state index contributed by atoms with van der Waals surface area (Å²) in [5, 5.41) is 9.53. The maximum absolute atomic E-state index is 12.2. The first kappa shape index (κ1) is 14.8. The number of nitrogens with zero attached hydrogens (tertiary/aromatic N) is 3. The fraction of sp³-hybridized carbons (Fsp3) is 0.312. The number of rotatable bonds is 3. The van der Waals surface area contributed by atoms with Crippen LogP contribution in [0, 0.1) is 11.3 Å². The molecule has 21 heavy (non-hydrogen) atoms. The van der Waals surface area contributed by atoms with Crippen LogP contribution < -0.4 is 5.43 Å². The first-order chi connectivity index (χ1) is 9.95. The Morgan fingerprint density at radius 1 is 1.38 bits per heavy atom. The molecule has 0 fully saturated rings. The molecule has 5 nitrogen and oxygen atoms in total. The van der Waals surface area contributed by atoms with Gasteiger partial charge in [0.25, 0.3) is 0 Å². The molecule has 0 aliphatic carbocycles. The molecule has 108 valence electrons. The number of fused-ring (bicyclic) bond motifs is 1. The summed E-state index contributed by atoms with van der Waals surface area (Å²) >= 11 is 0. The molecule has 0 saturated heterocycles. The number of hydrogen-bond acceptors (Lipinski definition) is 3. The van der Waals surface area contributed by atoms with Crippen LogP contribution in [0.2, 0.25) is 0 Å². The molecule has 0 N–H and O–H groups in total. The van der Waals surface area contributed by atoms with Crippen molar-refractivity contribution in [2.75, 3.05) is 7.05 Å². The van der Waals surface area contributed by atoms with Gasteiger partial charge in [-0.15, -0.1) is 0 Å². The van der Waals surface area contributed by atoms with Crippen molar-refractivity contribution in [2.24, 2.45) is 0 Å². The Hall–Kier alpha value is -2.61. The second kappa shape index (κ2) is 5.80. The lowest BCUT2D eigenvalue weighted by molar-refractivity contribution is -0.131. The van der Waals surface area contributed by atoms with E-state index in [1.165, 1.54) is 6.20 Å². The van der Waals surface area contributed by atoms with E-state index < -0.39 is 0 Å². The number of amides is 1. The topological polar surface area (TPSA) is 66.1 Å². The van der Waals surface area contributed by atoms with Crippen molar-refractivity contribution in [2.45, 2.75) is 26.4 Å². The van der Waals surface area contributed by atoms with Crippen LogP contribution in [0.5, 0.6) is 0 Å². The fourth-order valence-corrected chi connectivity index (χ4v) is 2.10. The van der Waals surface area contributed by atoms with E-state index >= 15 is 0 Å². The van der Waals surface area contributed by atoms with Gasteiger partial charge in [-0.05, 0) is 26.0 Å². The molecule has 0 atom stereocenters. The number of pyridine rings is 1. The van der Waals surface area contributed by atoms with Crippen molar-refractivity contribution in [3.63, 3.8) is 0 Å². The van der Waals surface area contributed by atoms with Crippen molar-refractivity contribution < 1.29 is 4.79 Å². The highest BCUT2D eigenvalue weighted by Crippen LogP contribution is 2.12. The minimum absolute atomic E-state index is 0.0497. The van der Waals surface area contributed by atoms with Gasteiger partial charge in [0.15, 0.2) is 0 Å². The van der Waals surface area contributed by atoms with Crippen LogP contribution in [0.25, 0.3) is 10.9 Å². The normalized spacial score (nSPS) is 10.6. The zero-order chi connectivity index (χ0) is 15.6. The summed E-state index contributed by atoms with van der Waals surface area (Å²) in [5.41, 5.74) is 0.412. The van der Waals surface area contributed by atoms with Crippen molar-refractivity contribution >= 4 is 16.8 Å². The van der Waals surface area contributed by atoms with Gasteiger partial charge >= 0.3 is 0 Å². The lowest BCUT2D eigenvalue weighted by Crippen LogP contribution is -2.35. The molecule has 1 aromatic heterocycles. The molecule has 1 amide bonds. The predicted octanol–water partition coefficient (Wildman–Crippen LogP) is 1.74. The molecule has 1 aromatic carbocycles. The molecule has 1 heterocycles. The third-order valence-electron chi connectivity index (χ3n) is 3.58. The maximum atomic E-state index is 12.2. The zero-order valence-electron chi connectivity index (χ0n) is 12.3. The molecule has 5 heteroatoms. The number of aromatic nitrogens is 1. The highest BCUT2D eigenvalue weighted by Gasteiger charge is 2.15. The monoisotopic (exact) mass is 283 g/mol. The van der Waals surface area contributed by atoms with Crippen LogP contribution in [-0.2, 0) is 11.3 Å². The highest BCUT2D eigenvalue weighted by molar-refractivity contribution is 5.83. The van der Waals surface area contributed by atoms with E-state index in [1.54, 1.807) is 40.8 Å². The van der Waals surface area contributed by atoms with Crippen LogP contribution in [-0.4, -0.2) is 28.5 Å². The van der Waals surface area contributed by atoms with Gasteiger partial charge in [-0.1, -0.05) is 12.1 Å². The Morgan fingerprint density at radius 3 is 2.67 bits per heavy atom. The summed E-state index contributed by atoms with van der Waals surface area (Å²) in [6, 6.07) is 9.00. The number of carbonyl (C=O) groups excluding carboxylic acids is 1. The summed E-state index contributed by atoms with van der Waals surface area (Å²) in [4.78, 5) is 26.0. The molecule has 0 aliphatic heterocycles. The number of likely N-dealkylation sites (N-methyl/N-ethyl adjacent to an activating group) is 1. The van der Waals surface area contributed by atoms with E-state index in [0.29, 0.717) is 10.9 Å². The van der Waals surface area contributed by atoms with E-state index in [1.807, 2.05) is 19.9 Å². The molecular formula is C16H17N3O2. The number of nitriles is 1. The van der Waals surface area contributed by atoms with Gasteiger partial charge < -0.3 is 9.47 Å². The largest absolute Gasteiger partial charge is 0.342 e. The number of carbonyl (C=O) groups is 1.